The monoisotopic (exact) mass is 224 g/mol. The van der Waals surface area contributed by atoms with Crippen LogP contribution < -0.4 is 9.47 Å². The van der Waals surface area contributed by atoms with Crippen molar-refractivity contribution in [3.63, 3.8) is 0 Å². The number of benzene rings is 1. The molecule has 4 heteroatoms. The normalized spacial score (nSPS) is 10.1. The average molecular weight is 224 g/mol. The van der Waals surface area contributed by atoms with Crippen LogP contribution in [0.1, 0.15) is 28.4 Å². The zero-order valence-corrected chi connectivity index (χ0v) is 10.2. The van der Waals surface area contributed by atoms with Crippen molar-refractivity contribution in [3.05, 3.63) is 16.7 Å². The third-order valence-corrected chi connectivity index (χ3v) is 2.68. The Morgan fingerprint density at radius 2 is 1.50 bits per heavy atom. The van der Waals surface area contributed by atoms with E-state index in [1.54, 1.807) is 6.92 Å². The number of methoxy groups -OCH3 is 2. The highest BCUT2D eigenvalue weighted by molar-refractivity contribution is 6.01. The van der Waals surface area contributed by atoms with Crippen LogP contribution >= 0.6 is 0 Å². The Bertz CT molecular complexity index is 435. The third-order valence-electron chi connectivity index (χ3n) is 2.68. The van der Waals surface area contributed by atoms with Crippen molar-refractivity contribution in [1.29, 1.82) is 0 Å². The number of phenolic OH excluding ortho intramolecular Hbond substituents is 1. The number of hydrogen-bond acceptors (Lipinski definition) is 4. The molecule has 0 aliphatic carbocycles. The van der Waals surface area contributed by atoms with Crippen LogP contribution in [0.25, 0.3) is 0 Å². The van der Waals surface area contributed by atoms with Crippen molar-refractivity contribution in [3.8, 4) is 17.2 Å². The van der Waals surface area contributed by atoms with Gasteiger partial charge in [-0.3, -0.25) is 4.79 Å². The summed E-state index contributed by atoms with van der Waals surface area (Å²) < 4.78 is 10.3. The van der Waals surface area contributed by atoms with E-state index >= 15 is 0 Å². The van der Waals surface area contributed by atoms with Gasteiger partial charge in [0.25, 0.3) is 0 Å². The minimum absolute atomic E-state index is 0.157. The molecular formula is C12H16O4. The largest absolute Gasteiger partial charge is 0.504 e. The number of carbonyl (C=O) groups excluding carboxylic acids is 1. The van der Waals surface area contributed by atoms with E-state index in [-0.39, 0.29) is 17.1 Å². The molecule has 0 spiro atoms. The summed E-state index contributed by atoms with van der Waals surface area (Å²) in [6, 6.07) is 0. The maximum Gasteiger partial charge on any atom is 0.172 e. The lowest BCUT2D eigenvalue weighted by Gasteiger charge is -2.17. The van der Waals surface area contributed by atoms with Crippen LogP contribution in [-0.2, 0) is 0 Å². The summed E-state index contributed by atoms with van der Waals surface area (Å²) in [5, 5.41) is 9.95. The highest BCUT2D eigenvalue weighted by atomic mass is 16.5. The van der Waals surface area contributed by atoms with Gasteiger partial charge in [-0.2, -0.15) is 0 Å². The van der Waals surface area contributed by atoms with Crippen molar-refractivity contribution >= 4 is 5.78 Å². The number of phenols is 1. The first-order valence-corrected chi connectivity index (χ1v) is 4.90. The first kappa shape index (κ1) is 12.4. The molecule has 4 nitrogen and oxygen atoms in total. The van der Waals surface area contributed by atoms with Crippen molar-refractivity contribution in [2.45, 2.75) is 20.8 Å². The highest BCUT2D eigenvalue weighted by Gasteiger charge is 2.23. The molecule has 0 aliphatic heterocycles. The van der Waals surface area contributed by atoms with Crippen molar-refractivity contribution < 1.29 is 19.4 Å². The molecule has 0 fully saturated rings. The molecule has 0 bridgehead atoms. The second-order valence-corrected chi connectivity index (χ2v) is 3.60. The zero-order chi connectivity index (χ0) is 12.5. The minimum atomic E-state index is -0.254. The third kappa shape index (κ3) is 1.71. The van der Waals surface area contributed by atoms with Gasteiger partial charge in [-0.05, 0) is 26.3 Å². The lowest BCUT2D eigenvalue weighted by Crippen LogP contribution is -2.04. The van der Waals surface area contributed by atoms with Crippen molar-refractivity contribution in [1.82, 2.24) is 0 Å². The molecule has 1 aromatic carbocycles. The van der Waals surface area contributed by atoms with Crippen LogP contribution in [0.2, 0.25) is 0 Å². The summed E-state index contributed by atoms with van der Waals surface area (Å²) in [4.78, 5) is 11.5. The van der Waals surface area contributed by atoms with Crippen LogP contribution in [0.3, 0.4) is 0 Å². The second-order valence-electron chi connectivity index (χ2n) is 3.60. The summed E-state index contributed by atoms with van der Waals surface area (Å²) in [7, 11) is 2.93. The lowest BCUT2D eigenvalue weighted by atomic mass is 9.99. The van der Waals surface area contributed by atoms with Crippen LogP contribution in [0.15, 0.2) is 0 Å². The van der Waals surface area contributed by atoms with Crippen molar-refractivity contribution in [2.24, 2.45) is 0 Å². The van der Waals surface area contributed by atoms with Gasteiger partial charge in [0.15, 0.2) is 17.3 Å². The molecular weight excluding hydrogens is 208 g/mol. The summed E-state index contributed by atoms with van der Waals surface area (Å²) in [6.45, 7) is 5.01. The molecule has 1 rings (SSSR count). The van der Waals surface area contributed by atoms with E-state index in [0.717, 1.165) is 11.1 Å². The van der Waals surface area contributed by atoms with Crippen LogP contribution in [-0.4, -0.2) is 25.1 Å². The Kier molecular flexibility index (Phi) is 3.42. The van der Waals surface area contributed by atoms with E-state index in [1.165, 1.54) is 21.1 Å². The van der Waals surface area contributed by atoms with Gasteiger partial charge in [-0.1, -0.05) is 0 Å². The van der Waals surface area contributed by atoms with Crippen LogP contribution in [0, 0.1) is 13.8 Å². The number of aromatic hydroxyl groups is 1. The van der Waals surface area contributed by atoms with Crippen LogP contribution in [0.4, 0.5) is 0 Å². The number of rotatable bonds is 3. The van der Waals surface area contributed by atoms with Crippen molar-refractivity contribution in [2.75, 3.05) is 14.2 Å². The molecule has 88 valence electrons. The molecule has 0 atom stereocenters. The molecule has 0 saturated carbocycles. The molecule has 0 unspecified atom stereocenters. The molecule has 1 N–H and O–H groups in total. The van der Waals surface area contributed by atoms with Gasteiger partial charge >= 0.3 is 0 Å². The Morgan fingerprint density at radius 3 is 1.88 bits per heavy atom. The number of Topliss-reactive ketones (excluding diaryl/α,β-unsaturated/α-hetero) is 1. The highest BCUT2D eigenvalue weighted by Crippen LogP contribution is 2.42. The molecule has 0 aromatic heterocycles. The van der Waals surface area contributed by atoms with Gasteiger partial charge in [0.05, 0.1) is 14.2 Å². The molecule has 16 heavy (non-hydrogen) atoms. The average Bonchev–Trinajstić information content (AvgIpc) is 2.23. The second kappa shape index (κ2) is 4.43. The van der Waals surface area contributed by atoms with Gasteiger partial charge < -0.3 is 14.6 Å². The Morgan fingerprint density at radius 1 is 1.06 bits per heavy atom. The summed E-state index contributed by atoms with van der Waals surface area (Å²) in [5.74, 6) is 0.317. The number of carbonyl (C=O) groups is 1. The van der Waals surface area contributed by atoms with Gasteiger partial charge in [-0.25, -0.2) is 0 Å². The molecule has 1 aromatic rings. The fourth-order valence-electron chi connectivity index (χ4n) is 1.76. The fourth-order valence-corrected chi connectivity index (χ4v) is 1.76. The van der Waals surface area contributed by atoms with Gasteiger partial charge in [-0.15, -0.1) is 0 Å². The van der Waals surface area contributed by atoms with E-state index in [4.69, 9.17) is 9.47 Å². The predicted molar refractivity (Wildman–Crippen MR) is 60.7 cm³/mol. The smallest absolute Gasteiger partial charge is 0.172 e. The SMILES string of the molecule is COc1c(C)c(C)c(OC)c(C(C)=O)c1O. The number of ether oxygens (including phenoxy) is 2. The summed E-state index contributed by atoms with van der Waals surface area (Å²) >= 11 is 0. The molecule has 0 amide bonds. The lowest BCUT2D eigenvalue weighted by molar-refractivity contribution is 0.101. The fraction of sp³-hybridized carbons (Fsp3) is 0.417. The van der Waals surface area contributed by atoms with Gasteiger partial charge in [0.2, 0.25) is 0 Å². The topological polar surface area (TPSA) is 55.8 Å². The van der Waals surface area contributed by atoms with E-state index < -0.39 is 0 Å². The molecule has 0 saturated heterocycles. The molecule has 0 radical (unpaired) electrons. The number of ketones is 1. The van der Waals surface area contributed by atoms with E-state index in [1.807, 2.05) is 6.92 Å². The van der Waals surface area contributed by atoms with E-state index in [9.17, 15) is 9.90 Å². The Balaban J connectivity index is 3.71. The van der Waals surface area contributed by atoms with Crippen LogP contribution in [0.5, 0.6) is 17.2 Å². The minimum Gasteiger partial charge on any atom is -0.504 e. The standard InChI is InChI=1S/C12H16O4/c1-6-7(2)12(16-5)10(14)9(8(3)13)11(6)15-4/h14H,1-5H3. The zero-order valence-electron chi connectivity index (χ0n) is 10.2. The van der Waals surface area contributed by atoms with E-state index in [0.29, 0.717) is 11.5 Å². The molecule has 0 aliphatic rings. The maximum absolute atomic E-state index is 11.5. The first-order valence-electron chi connectivity index (χ1n) is 4.90. The predicted octanol–water partition coefficient (Wildman–Crippen LogP) is 2.23. The van der Waals surface area contributed by atoms with Gasteiger partial charge in [0, 0.05) is 5.56 Å². The quantitative estimate of drug-likeness (QED) is 0.800. The maximum atomic E-state index is 11.5. The van der Waals surface area contributed by atoms with Gasteiger partial charge in [0.1, 0.15) is 11.3 Å². The Hall–Kier alpha value is -1.71. The molecule has 0 heterocycles. The van der Waals surface area contributed by atoms with E-state index in [2.05, 4.69) is 0 Å². The summed E-state index contributed by atoms with van der Waals surface area (Å²) in [5.41, 5.74) is 1.73. The first-order chi connectivity index (χ1) is 7.45. The Labute approximate surface area is 94.8 Å². The summed E-state index contributed by atoms with van der Waals surface area (Å²) in [6.07, 6.45) is 0. The number of hydrogen-bond donors (Lipinski definition) is 1.